The van der Waals surface area contributed by atoms with Crippen molar-refractivity contribution in [2.24, 2.45) is 0 Å². The molecule has 1 atom stereocenters. The number of hydrogen-bond acceptors (Lipinski definition) is 5. The molecule has 0 aromatic carbocycles. The zero-order chi connectivity index (χ0) is 12.4. The maximum absolute atomic E-state index is 5.76. The Morgan fingerprint density at radius 2 is 2.22 bits per heavy atom. The number of nitrogens with zero attached hydrogens (tertiary/aromatic N) is 5. The van der Waals surface area contributed by atoms with E-state index in [4.69, 9.17) is 4.74 Å². The summed E-state index contributed by atoms with van der Waals surface area (Å²) in [6, 6.07) is 0.550. The molecule has 6 heteroatoms. The number of likely N-dealkylation sites (N-methyl/N-ethyl adjacent to an activating group) is 1. The SMILES string of the molecule is CN(Cc1nnnn1C1CC1)CC1CCCCO1. The maximum Gasteiger partial charge on any atom is 0.165 e. The Morgan fingerprint density at radius 3 is 2.94 bits per heavy atom. The van der Waals surface area contributed by atoms with Gasteiger partial charge in [0.2, 0.25) is 0 Å². The molecule has 2 heterocycles. The molecule has 0 N–H and O–H groups in total. The van der Waals surface area contributed by atoms with Crippen molar-refractivity contribution in [3.8, 4) is 0 Å². The molecule has 1 saturated carbocycles. The summed E-state index contributed by atoms with van der Waals surface area (Å²) in [5.41, 5.74) is 0. The van der Waals surface area contributed by atoms with E-state index in [1.54, 1.807) is 0 Å². The molecule has 3 rings (SSSR count). The standard InChI is InChI=1S/C12H21N5O/c1-16(8-11-4-2-3-7-18-11)9-12-13-14-15-17(12)10-5-6-10/h10-11H,2-9H2,1H3. The smallest absolute Gasteiger partial charge is 0.165 e. The first-order valence-corrected chi connectivity index (χ1v) is 6.90. The fraction of sp³-hybridized carbons (Fsp3) is 0.917. The Kier molecular flexibility index (Phi) is 3.56. The second-order valence-corrected chi connectivity index (χ2v) is 5.46. The minimum Gasteiger partial charge on any atom is -0.377 e. The first kappa shape index (κ1) is 12.0. The van der Waals surface area contributed by atoms with Gasteiger partial charge in [0.15, 0.2) is 5.82 Å². The average molecular weight is 251 g/mol. The second-order valence-electron chi connectivity index (χ2n) is 5.46. The van der Waals surface area contributed by atoms with Crippen molar-refractivity contribution in [3.63, 3.8) is 0 Å². The summed E-state index contributed by atoms with van der Waals surface area (Å²) in [7, 11) is 2.11. The van der Waals surface area contributed by atoms with Gasteiger partial charge < -0.3 is 4.74 Å². The normalized spacial score (nSPS) is 24.7. The molecule has 6 nitrogen and oxygen atoms in total. The van der Waals surface area contributed by atoms with Crippen molar-refractivity contribution < 1.29 is 4.74 Å². The van der Waals surface area contributed by atoms with Gasteiger partial charge in [-0.05, 0) is 49.6 Å². The lowest BCUT2D eigenvalue weighted by Gasteiger charge is -2.27. The van der Waals surface area contributed by atoms with Gasteiger partial charge in [0.1, 0.15) is 0 Å². The summed E-state index contributed by atoms with van der Waals surface area (Å²) in [5.74, 6) is 0.982. The molecule has 0 amide bonds. The third-order valence-electron chi connectivity index (χ3n) is 3.65. The Labute approximate surface area is 107 Å². The van der Waals surface area contributed by atoms with Crippen LogP contribution in [0.1, 0.15) is 44.0 Å². The molecule has 1 aromatic rings. The molecule has 18 heavy (non-hydrogen) atoms. The Morgan fingerprint density at radius 1 is 1.33 bits per heavy atom. The zero-order valence-corrected chi connectivity index (χ0v) is 11.0. The average Bonchev–Trinajstić information content (AvgIpc) is 3.12. The summed E-state index contributed by atoms with van der Waals surface area (Å²) >= 11 is 0. The van der Waals surface area contributed by atoms with E-state index < -0.39 is 0 Å². The van der Waals surface area contributed by atoms with Crippen LogP contribution < -0.4 is 0 Å². The predicted octanol–water partition coefficient (Wildman–Crippen LogP) is 1.01. The fourth-order valence-corrected chi connectivity index (χ4v) is 2.52. The quantitative estimate of drug-likeness (QED) is 0.781. The first-order valence-electron chi connectivity index (χ1n) is 6.90. The molecule has 2 fully saturated rings. The van der Waals surface area contributed by atoms with Crippen LogP contribution in [0.2, 0.25) is 0 Å². The van der Waals surface area contributed by atoms with E-state index in [1.165, 1.54) is 32.1 Å². The molecule has 1 aliphatic heterocycles. The van der Waals surface area contributed by atoms with Crippen LogP contribution in [-0.4, -0.2) is 51.4 Å². The van der Waals surface area contributed by atoms with Gasteiger partial charge in [0.25, 0.3) is 0 Å². The molecule has 0 radical (unpaired) electrons. The van der Waals surface area contributed by atoms with Crippen molar-refractivity contribution in [3.05, 3.63) is 5.82 Å². The van der Waals surface area contributed by atoms with E-state index in [-0.39, 0.29) is 0 Å². The number of tetrazole rings is 1. The Hall–Kier alpha value is -1.01. The van der Waals surface area contributed by atoms with Crippen LogP contribution in [0.5, 0.6) is 0 Å². The molecular weight excluding hydrogens is 230 g/mol. The first-order chi connectivity index (χ1) is 8.83. The van der Waals surface area contributed by atoms with Crippen molar-refractivity contribution >= 4 is 0 Å². The summed E-state index contributed by atoms with van der Waals surface area (Å²) in [4.78, 5) is 2.26. The summed E-state index contributed by atoms with van der Waals surface area (Å²) in [5, 5.41) is 12.0. The number of ether oxygens (including phenoxy) is 1. The van der Waals surface area contributed by atoms with Crippen molar-refractivity contribution in [2.75, 3.05) is 20.2 Å². The van der Waals surface area contributed by atoms with Crippen molar-refractivity contribution in [2.45, 2.75) is 50.8 Å². The van der Waals surface area contributed by atoms with Crippen LogP contribution in [-0.2, 0) is 11.3 Å². The van der Waals surface area contributed by atoms with E-state index in [0.717, 1.165) is 25.5 Å². The number of rotatable bonds is 5. The van der Waals surface area contributed by atoms with Crippen molar-refractivity contribution in [1.82, 2.24) is 25.1 Å². The maximum atomic E-state index is 5.76. The highest BCUT2D eigenvalue weighted by Crippen LogP contribution is 2.34. The fourth-order valence-electron chi connectivity index (χ4n) is 2.52. The van der Waals surface area contributed by atoms with Crippen LogP contribution in [0.15, 0.2) is 0 Å². The van der Waals surface area contributed by atoms with Crippen molar-refractivity contribution in [1.29, 1.82) is 0 Å². The summed E-state index contributed by atoms with van der Waals surface area (Å²) in [6.45, 7) is 2.69. The molecule has 1 aromatic heterocycles. The van der Waals surface area contributed by atoms with Gasteiger partial charge in [0, 0.05) is 13.2 Å². The molecular formula is C12H21N5O. The molecule has 1 aliphatic carbocycles. The Bertz CT molecular complexity index is 384. The van der Waals surface area contributed by atoms with Crippen LogP contribution in [0.4, 0.5) is 0 Å². The van der Waals surface area contributed by atoms with Crippen LogP contribution >= 0.6 is 0 Å². The lowest BCUT2D eigenvalue weighted by Crippen LogP contribution is -2.33. The number of hydrogen-bond donors (Lipinski definition) is 0. The summed E-state index contributed by atoms with van der Waals surface area (Å²) < 4.78 is 7.74. The molecule has 0 spiro atoms. The highest BCUT2D eigenvalue weighted by atomic mass is 16.5. The largest absolute Gasteiger partial charge is 0.377 e. The lowest BCUT2D eigenvalue weighted by molar-refractivity contribution is -0.00309. The van der Waals surface area contributed by atoms with Crippen LogP contribution in [0.3, 0.4) is 0 Å². The molecule has 100 valence electrons. The van der Waals surface area contributed by atoms with E-state index in [0.29, 0.717) is 12.1 Å². The van der Waals surface area contributed by atoms with Gasteiger partial charge in [-0.1, -0.05) is 0 Å². The minimum atomic E-state index is 0.383. The van der Waals surface area contributed by atoms with E-state index in [2.05, 4.69) is 27.5 Å². The van der Waals surface area contributed by atoms with Gasteiger partial charge in [0.05, 0.1) is 18.7 Å². The van der Waals surface area contributed by atoms with Crippen LogP contribution in [0, 0.1) is 0 Å². The third-order valence-corrected chi connectivity index (χ3v) is 3.65. The monoisotopic (exact) mass is 251 g/mol. The molecule has 2 aliphatic rings. The highest BCUT2D eigenvalue weighted by molar-refractivity contribution is 4.90. The van der Waals surface area contributed by atoms with Gasteiger partial charge in [-0.3, -0.25) is 4.90 Å². The van der Waals surface area contributed by atoms with Gasteiger partial charge >= 0.3 is 0 Å². The zero-order valence-electron chi connectivity index (χ0n) is 11.0. The highest BCUT2D eigenvalue weighted by Gasteiger charge is 2.28. The Balaban J connectivity index is 1.53. The predicted molar refractivity (Wildman–Crippen MR) is 66.0 cm³/mol. The minimum absolute atomic E-state index is 0.383. The topological polar surface area (TPSA) is 56.1 Å². The van der Waals surface area contributed by atoms with E-state index in [9.17, 15) is 0 Å². The van der Waals surface area contributed by atoms with Crippen LogP contribution in [0.25, 0.3) is 0 Å². The molecule has 0 bridgehead atoms. The molecule has 1 unspecified atom stereocenters. The van der Waals surface area contributed by atoms with E-state index in [1.807, 2.05) is 4.68 Å². The van der Waals surface area contributed by atoms with Gasteiger partial charge in [-0.15, -0.1) is 5.10 Å². The van der Waals surface area contributed by atoms with Gasteiger partial charge in [-0.2, -0.15) is 0 Å². The number of aromatic nitrogens is 4. The molecule has 1 saturated heterocycles. The summed E-state index contributed by atoms with van der Waals surface area (Å²) in [6.07, 6.45) is 6.49. The lowest BCUT2D eigenvalue weighted by atomic mass is 10.1. The van der Waals surface area contributed by atoms with E-state index >= 15 is 0 Å². The third kappa shape index (κ3) is 2.87. The second kappa shape index (κ2) is 5.32. The van der Waals surface area contributed by atoms with Gasteiger partial charge in [-0.25, -0.2) is 4.68 Å².